The molecule has 0 aliphatic heterocycles. The van der Waals surface area contributed by atoms with Crippen LogP contribution in [0.5, 0.6) is 0 Å². The highest BCUT2D eigenvalue weighted by molar-refractivity contribution is 7.89. The number of nitrogens with two attached hydrogens (primary N) is 1. The highest BCUT2D eigenvalue weighted by atomic mass is 35.5. The molecular formula is C20H34ClN3O3S. The lowest BCUT2D eigenvalue weighted by molar-refractivity contribution is 0.0942. The van der Waals surface area contributed by atoms with Gasteiger partial charge in [-0.15, -0.1) is 12.4 Å². The van der Waals surface area contributed by atoms with Crippen molar-refractivity contribution < 1.29 is 13.2 Å². The first-order valence-electron chi connectivity index (χ1n) is 9.88. The summed E-state index contributed by atoms with van der Waals surface area (Å²) in [5, 5.41) is 2.85. The molecule has 0 atom stereocenters. The molecule has 0 unspecified atom stereocenters. The Labute approximate surface area is 175 Å². The second-order valence-electron chi connectivity index (χ2n) is 7.59. The third-order valence-corrected chi connectivity index (χ3v) is 7.82. The molecule has 1 saturated carbocycles. The molecule has 6 nitrogen and oxygen atoms in total. The summed E-state index contributed by atoms with van der Waals surface area (Å²) in [6, 6.07) is 6.21. The minimum atomic E-state index is -3.54. The number of carbonyl (C=O) groups excluding carboxylic acids is 1. The molecule has 0 heterocycles. The standard InChI is InChI=1S/C20H33N3O3S.ClH/c1-4-20(21,5-2)15-22-19(24)16-11-13-18(14-12-16)27(25,26)23(3)17-9-7-6-8-10-17;/h11-14,17H,4-10,15,21H2,1-3H3,(H,22,24);1H. The monoisotopic (exact) mass is 431 g/mol. The summed E-state index contributed by atoms with van der Waals surface area (Å²) in [7, 11) is -1.89. The van der Waals surface area contributed by atoms with Gasteiger partial charge >= 0.3 is 0 Å². The van der Waals surface area contributed by atoms with Gasteiger partial charge in [-0.1, -0.05) is 33.1 Å². The Morgan fingerprint density at radius 3 is 2.18 bits per heavy atom. The average Bonchev–Trinajstić information content (AvgIpc) is 2.71. The van der Waals surface area contributed by atoms with Gasteiger partial charge < -0.3 is 11.1 Å². The number of amides is 1. The predicted molar refractivity (Wildman–Crippen MR) is 115 cm³/mol. The van der Waals surface area contributed by atoms with E-state index >= 15 is 0 Å². The van der Waals surface area contributed by atoms with Crippen LogP contribution in [0.3, 0.4) is 0 Å². The number of carbonyl (C=O) groups is 1. The third-order valence-electron chi connectivity index (χ3n) is 5.89. The van der Waals surface area contributed by atoms with E-state index in [1.807, 2.05) is 13.8 Å². The molecule has 1 aromatic carbocycles. The van der Waals surface area contributed by atoms with Crippen LogP contribution in [-0.4, -0.2) is 43.8 Å². The molecule has 1 amide bonds. The molecule has 1 aliphatic rings. The number of benzene rings is 1. The van der Waals surface area contributed by atoms with E-state index in [2.05, 4.69) is 5.32 Å². The maximum atomic E-state index is 12.9. The molecule has 1 aromatic rings. The lowest BCUT2D eigenvalue weighted by Gasteiger charge is -2.30. The van der Waals surface area contributed by atoms with Gasteiger partial charge in [-0.05, 0) is 49.9 Å². The quantitative estimate of drug-likeness (QED) is 0.660. The van der Waals surface area contributed by atoms with E-state index < -0.39 is 15.6 Å². The molecule has 0 spiro atoms. The first kappa shape index (κ1) is 24.9. The van der Waals surface area contributed by atoms with Crippen LogP contribution >= 0.6 is 12.4 Å². The van der Waals surface area contributed by atoms with Crippen LogP contribution in [0.2, 0.25) is 0 Å². The smallest absolute Gasteiger partial charge is 0.251 e. The SMILES string of the molecule is CCC(N)(CC)CNC(=O)c1ccc(S(=O)(=O)N(C)C2CCCCC2)cc1.Cl. The van der Waals surface area contributed by atoms with Gasteiger partial charge in [-0.3, -0.25) is 4.79 Å². The number of nitrogens with zero attached hydrogens (tertiary/aromatic N) is 1. The molecule has 0 saturated heterocycles. The Morgan fingerprint density at radius 2 is 1.68 bits per heavy atom. The van der Waals surface area contributed by atoms with Crippen molar-refractivity contribution in [3.8, 4) is 0 Å². The second-order valence-corrected chi connectivity index (χ2v) is 9.59. The molecule has 160 valence electrons. The third kappa shape index (κ3) is 5.92. The number of hydrogen-bond acceptors (Lipinski definition) is 4. The van der Waals surface area contributed by atoms with Gasteiger partial charge in [0.05, 0.1) is 4.90 Å². The molecule has 0 aromatic heterocycles. The van der Waals surface area contributed by atoms with Crippen LogP contribution in [0.1, 0.15) is 69.2 Å². The zero-order valence-electron chi connectivity index (χ0n) is 17.1. The Morgan fingerprint density at radius 1 is 1.14 bits per heavy atom. The van der Waals surface area contributed by atoms with Crippen molar-refractivity contribution in [2.24, 2.45) is 5.73 Å². The fourth-order valence-corrected chi connectivity index (χ4v) is 4.86. The van der Waals surface area contributed by atoms with Crippen LogP contribution in [0.25, 0.3) is 0 Å². The first-order valence-corrected chi connectivity index (χ1v) is 11.3. The fourth-order valence-electron chi connectivity index (χ4n) is 3.44. The number of hydrogen-bond donors (Lipinski definition) is 2. The van der Waals surface area contributed by atoms with Crippen molar-refractivity contribution in [2.75, 3.05) is 13.6 Å². The van der Waals surface area contributed by atoms with E-state index in [9.17, 15) is 13.2 Å². The summed E-state index contributed by atoms with van der Waals surface area (Å²) in [6.07, 6.45) is 6.68. The maximum Gasteiger partial charge on any atom is 0.251 e. The van der Waals surface area contributed by atoms with E-state index in [0.29, 0.717) is 12.1 Å². The average molecular weight is 432 g/mol. The topological polar surface area (TPSA) is 92.5 Å². The molecule has 2 rings (SSSR count). The van der Waals surface area contributed by atoms with Gasteiger partial charge in [-0.2, -0.15) is 4.31 Å². The normalized spacial score (nSPS) is 15.9. The Kier molecular flexibility index (Phi) is 9.40. The Bertz CT molecular complexity index is 728. The highest BCUT2D eigenvalue weighted by Crippen LogP contribution is 2.26. The zero-order valence-corrected chi connectivity index (χ0v) is 18.7. The Hall–Kier alpha value is -1.15. The van der Waals surface area contributed by atoms with Crippen molar-refractivity contribution in [1.82, 2.24) is 9.62 Å². The van der Waals surface area contributed by atoms with Crippen molar-refractivity contribution in [3.63, 3.8) is 0 Å². The molecular weight excluding hydrogens is 398 g/mol. The number of sulfonamides is 1. The van der Waals surface area contributed by atoms with Gasteiger partial charge in [0.1, 0.15) is 0 Å². The maximum absolute atomic E-state index is 12.9. The number of rotatable bonds is 8. The van der Waals surface area contributed by atoms with Crippen molar-refractivity contribution >= 4 is 28.3 Å². The highest BCUT2D eigenvalue weighted by Gasteiger charge is 2.29. The minimum absolute atomic E-state index is 0. The lowest BCUT2D eigenvalue weighted by atomic mass is 9.94. The lowest BCUT2D eigenvalue weighted by Crippen LogP contribution is -2.49. The summed E-state index contributed by atoms with van der Waals surface area (Å²) in [5.74, 6) is -0.240. The largest absolute Gasteiger partial charge is 0.350 e. The van der Waals surface area contributed by atoms with Gasteiger partial charge in [0.2, 0.25) is 10.0 Å². The van der Waals surface area contributed by atoms with E-state index in [0.717, 1.165) is 38.5 Å². The summed E-state index contributed by atoms with van der Waals surface area (Å²) in [4.78, 5) is 12.6. The van der Waals surface area contributed by atoms with Gasteiger partial charge in [0, 0.05) is 30.7 Å². The van der Waals surface area contributed by atoms with Crippen molar-refractivity contribution in [2.45, 2.75) is 75.3 Å². The Balaban J connectivity index is 0.00000392. The van der Waals surface area contributed by atoms with E-state index in [1.165, 1.54) is 22.9 Å². The molecule has 0 bridgehead atoms. The van der Waals surface area contributed by atoms with E-state index in [4.69, 9.17) is 5.73 Å². The van der Waals surface area contributed by atoms with Crippen molar-refractivity contribution in [3.05, 3.63) is 29.8 Å². The first-order chi connectivity index (χ1) is 12.7. The van der Waals surface area contributed by atoms with E-state index in [-0.39, 0.29) is 29.3 Å². The fraction of sp³-hybridized carbons (Fsp3) is 0.650. The summed E-state index contributed by atoms with van der Waals surface area (Å²) >= 11 is 0. The summed E-state index contributed by atoms with van der Waals surface area (Å²) in [5.41, 5.74) is 6.23. The molecule has 0 radical (unpaired) electrons. The van der Waals surface area contributed by atoms with Gasteiger partial charge in [0.25, 0.3) is 5.91 Å². The van der Waals surface area contributed by atoms with Crippen LogP contribution in [0.4, 0.5) is 0 Å². The molecule has 8 heteroatoms. The molecule has 28 heavy (non-hydrogen) atoms. The van der Waals surface area contributed by atoms with Crippen LogP contribution in [0, 0.1) is 0 Å². The minimum Gasteiger partial charge on any atom is -0.350 e. The van der Waals surface area contributed by atoms with E-state index in [1.54, 1.807) is 19.2 Å². The zero-order chi connectivity index (χ0) is 20.1. The van der Waals surface area contributed by atoms with Crippen LogP contribution < -0.4 is 11.1 Å². The number of halogens is 1. The van der Waals surface area contributed by atoms with Gasteiger partial charge in [0.15, 0.2) is 0 Å². The number of nitrogens with one attached hydrogen (secondary N) is 1. The molecule has 1 fully saturated rings. The summed E-state index contributed by atoms with van der Waals surface area (Å²) in [6.45, 7) is 4.39. The molecule has 3 N–H and O–H groups in total. The van der Waals surface area contributed by atoms with Crippen molar-refractivity contribution in [1.29, 1.82) is 0 Å². The molecule has 1 aliphatic carbocycles. The van der Waals surface area contributed by atoms with Gasteiger partial charge in [-0.25, -0.2) is 8.42 Å². The summed E-state index contributed by atoms with van der Waals surface area (Å²) < 4.78 is 27.2. The predicted octanol–water partition coefficient (Wildman–Crippen LogP) is 3.31. The van der Waals surface area contributed by atoms with Crippen LogP contribution in [-0.2, 0) is 10.0 Å². The second kappa shape index (κ2) is 10.6. The van der Waals surface area contributed by atoms with Crippen LogP contribution in [0.15, 0.2) is 29.2 Å².